The third-order valence-electron chi connectivity index (χ3n) is 3.85. The Bertz CT molecular complexity index is 206. The van der Waals surface area contributed by atoms with Crippen molar-refractivity contribution < 1.29 is 14.9 Å². The molecule has 2 N–H and O–H groups in total. The molecule has 1 saturated carbocycles. The smallest absolute Gasteiger partial charge is 0.0950 e. The van der Waals surface area contributed by atoms with E-state index in [9.17, 15) is 5.11 Å². The van der Waals surface area contributed by atoms with Crippen molar-refractivity contribution in [3.8, 4) is 0 Å². The van der Waals surface area contributed by atoms with Gasteiger partial charge in [-0.3, -0.25) is 4.90 Å². The van der Waals surface area contributed by atoms with Crippen LogP contribution in [0.15, 0.2) is 0 Å². The molecule has 0 spiro atoms. The van der Waals surface area contributed by atoms with Crippen molar-refractivity contribution in [2.75, 3.05) is 26.4 Å². The molecule has 2 fully saturated rings. The molecule has 2 rings (SSSR count). The Kier molecular flexibility index (Phi) is 4.58. The Hall–Kier alpha value is -0.160. The molecule has 0 unspecified atom stereocenters. The van der Waals surface area contributed by atoms with Crippen LogP contribution in [-0.4, -0.2) is 59.7 Å². The van der Waals surface area contributed by atoms with Gasteiger partial charge in [-0.1, -0.05) is 19.3 Å². The highest BCUT2D eigenvalue weighted by Gasteiger charge is 2.35. The summed E-state index contributed by atoms with van der Waals surface area (Å²) >= 11 is 0. The summed E-state index contributed by atoms with van der Waals surface area (Å²) in [6, 6.07) is 0.623. The minimum Gasteiger partial charge on any atom is -0.395 e. The van der Waals surface area contributed by atoms with Crippen LogP contribution in [-0.2, 0) is 4.74 Å². The number of aliphatic hydroxyl groups is 2. The first-order valence-corrected chi connectivity index (χ1v) is 6.45. The molecule has 16 heavy (non-hydrogen) atoms. The zero-order valence-corrected chi connectivity index (χ0v) is 9.85. The first-order valence-electron chi connectivity index (χ1n) is 6.45. The monoisotopic (exact) mass is 229 g/mol. The van der Waals surface area contributed by atoms with Crippen LogP contribution in [0.25, 0.3) is 0 Å². The minimum atomic E-state index is -0.381. The van der Waals surface area contributed by atoms with Crippen LogP contribution in [0, 0.1) is 0 Å². The molecule has 1 heterocycles. The summed E-state index contributed by atoms with van der Waals surface area (Å²) in [5.41, 5.74) is 0. The van der Waals surface area contributed by atoms with Gasteiger partial charge in [-0.2, -0.15) is 0 Å². The number of hydrogen-bond donors (Lipinski definition) is 2. The summed E-state index contributed by atoms with van der Waals surface area (Å²) in [5.74, 6) is 0. The predicted octanol–water partition coefficient (Wildman–Crippen LogP) is 0.373. The Morgan fingerprint density at radius 1 is 1.12 bits per heavy atom. The van der Waals surface area contributed by atoms with Gasteiger partial charge in [0, 0.05) is 12.6 Å². The highest BCUT2D eigenvalue weighted by Crippen LogP contribution is 2.26. The molecule has 1 saturated heterocycles. The maximum absolute atomic E-state index is 9.87. The molecule has 0 bridgehead atoms. The Balaban J connectivity index is 1.97. The van der Waals surface area contributed by atoms with Crippen molar-refractivity contribution >= 4 is 0 Å². The van der Waals surface area contributed by atoms with Crippen molar-refractivity contribution in [2.24, 2.45) is 0 Å². The van der Waals surface area contributed by atoms with Crippen LogP contribution < -0.4 is 0 Å². The summed E-state index contributed by atoms with van der Waals surface area (Å²) in [6.07, 6.45) is 5.89. The first-order chi connectivity index (χ1) is 7.83. The fraction of sp³-hybridized carbons (Fsp3) is 1.00. The largest absolute Gasteiger partial charge is 0.395 e. The average molecular weight is 229 g/mol. The van der Waals surface area contributed by atoms with E-state index >= 15 is 0 Å². The van der Waals surface area contributed by atoms with Crippen molar-refractivity contribution in [1.29, 1.82) is 0 Å². The number of rotatable bonds is 4. The van der Waals surface area contributed by atoms with Crippen molar-refractivity contribution in [1.82, 2.24) is 4.90 Å². The quantitative estimate of drug-likeness (QED) is 0.731. The second-order valence-corrected chi connectivity index (χ2v) is 4.93. The standard InChI is InChI=1S/C12H23NO3/c14-7-6-13(10-4-2-1-3-5-10)11-8-16-9-12(11)15/h10-12,14-15H,1-9H2/t11-,12-/m1/s1. The Morgan fingerprint density at radius 3 is 2.44 bits per heavy atom. The molecule has 4 nitrogen and oxygen atoms in total. The molecule has 0 amide bonds. The summed E-state index contributed by atoms with van der Waals surface area (Å²) in [5, 5.41) is 19.0. The number of aliphatic hydroxyl groups excluding tert-OH is 2. The zero-order chi connectivity index (χ0) is 11.4. The van der Waals surface area contributed by atoms with E-state index in [-0.39, 0.29) is 18.8 Å². The third kappa shape index (κ3) is 2.74. The van der Waals surface area contributed by atoms with Crippen LogP contribution in [0.4, 0.5) is 0 Å². The first kappa shape index (κ1) is 12.3. The molecule has 94 valence electrons. The van der Waals surface area contributed by atoms with Crippen molar-refractivity contribution in [3.63, 3.8) is 0 Å². The van der Waals surface area contributed by atoms with Crippen LogP contribution in [0.5, 0.6) is 0 Å². The molecule has 2 aliphatic rings. The van der Waals surface area contributed by atoms with E-state index in [0.29, 0.717) is 25.8 Å². The fourth-order valence-corrected chi connectivity index (χ4v) is 3.00. The number of hydrogen-bond acceptors (Lipinski definition) is 4. The lowest BCUT2D eigenvalue weighted by Gasteiger charge is -2.38. The normalized spacial score (nSPS) is 32.4. The van der Waals surface area contributed by atoms with Gasteiger partial charge in [-0.25, -0.2) is 0 Å². The summed E-state index contributed by atoms with van der Waals surface area (Å²) < 4.78 is 5.31. The van der Waals surface area contributed by atoms with E-state index in [1.807, 2.05) is 0 Å². The molecule has 0 aromatic rings. The molecule has 0 aromatic heterocycles. The van der Waals surface area contributed by atoms with E-state index in [1.54, 1.807) is 0 Å². The second-order valence-electron chi connectivity index (χ2n) is 4.93. The minimum absolute atomic E-state index is 0.0928. The van der Waals surface area contributed by atoms with Gasteiger partial charge >= 0.3 is 0 Å². The van der Waals surface area contributed by atoms with Crippen LogP contribution in [0.1, 0.15) is 32.1 Å². The summed E-state index contributed by atoms with van der Waals surface area (Å²) in [7, 11) is 0. The van der Waals surface area contributed by atoms with Crippen LogP contribution in [0.2, 0.25) is 0 Å². The van der Waals surface area contributed by atoms with Gasteiger partial charge in [0.15, 0.2) is 0 Å². The predicted molar refractivity (Wildman–Crippen MR) is 61.3 cm³/mol. The lowest BCUT2D eigenvalue weighted by atomic mass is 9.92. The molecule has 0 radical (unpaired) electrons. The maximum Gasteiger partial charge on any atom is 0.0950 e. The topological polar surface area (TPSA) is 52.9 Å². The molecule has 0 aromatic carbocycles. The SMILES string of the molecule is OCCN(C1CCCCC1)[C@@H]1COC[C@H]1O. The van der Waals surface area contributed by atoms with E-state index in [4.69, 9.17) is 9.84 Å². The van der Waals surface area contributed by atoms with Gasteiger partial charge < -0.3 is 14.9 Å². The Morgan fingerprint density at radius 2 is 1.88 bits per heavy atom. The van der Waals surface area contributed by atoms with E-state index in [0.717, 1.165) is 0 Å². The molecule has 2 atom stereocenters. The Labute approximate surface area is 97.2 Å². The van der Waals surface area contributed by atoms with E-state index in [1.165, 1.54) is 32.1 Å². The maximum atomic E-state index is 9.87. The molecular formula is C12H23NO3. The van der Waals surface area contributed by atoms with Crippen molar-refractivity contribution in [3.05, 3.63) is 0 Å². The second kappa shape index (κ2) is 5.96. The fourth-order valence-electron chi connectivity index (χ4n) is 3.00. The summed E-state index contributed by atoms with van der Waals surface area (Å²) in [4.78, 5) is 2.27. The van der Waals surface area contributed by atoms with Gasteiger partial charge in [0.05, 0.1) is 32.0 Å². The zero-order valence-electron chi connectivity index (χ0n) is 9.85. The van der Waals surface area contributed by atoms with Gasteiger partial charge in [0.1, 0.15) is 0 Å². The molecular weight excluding hydrogens is 206 g/mol. The van der Waals surface area contributed by atoms with Gasteiger partial charge in [-0.15, -0.1) is 0 Å². The van der Waals surface area contributed by atoms with Crippen molar-refractivity contribution in [2.45, 2.75) is 50.3 Å². The van der Waals surface area contributed by atoms with Crippen LogP contribution >= 0.6 is 0 Å². The number of nitrogens with zero attached hydrogens (tertiary/aromatic N) is 1. The van der Waals surface area contributed by atoms with Gasteiger partial charge in [0.2, 0.25) is 0 Å². The molecule has 4 heteroatoms. The lowest BCUT2D eigenvalue weighted by molar-refractivity contribution is 0.0290. The molecule has 1 aliphatic carbocycles. The average Bonchev–Trinajstić information content (AvgIpc) is 2.73. The third-order valence-corrected chi connectivity index (χ3v) is 3.85. The highest BCUT2D eigenvalue weighted by molar-refractivity contribution is 4.88. The van der Waals surface area contributed by atoms with E-state index < -0.39 is 0 Å². The summed E-state index contributed by atoms with van der Waals surface area (Å²) in [6.45, 7) is 1.88. The van der Waals surface area contributed by atoms with E-state index in [2.05, 4.69) is 4.90 Å². The van der Waals surface area contributed by atoms with Gasteiger partial charge in [-0.05, 0) is 12.8 Å². The lowest BCUT2D eigenvalue weighted by Crippen LogP contribution is -2.50. The molecule has 1 aliphatic heterocycles. The number of ether oxygens (including phenoxy) is 1. The van der Waals surface area contributed by atoms with Crippen LogP contribution in [0.3, 0.4) is 0 Å². The highest BCUT2D eigenvalue weighted by atomic mass is 16.5. The van der Waals surface area contributed by atoms with Gasteiger partial charge in [0.25, 0.3) is 0 Å².